The molecule has 6 aromatic carbocycles. The van der Waals surface area contributed by atoms with Gasteiger partial charge in [0.2, 0.25) is 35.7 Å². The quantitative estimate of drug-likeness (QED) is 0.0314. The first kappa shape index (κ1) is 41.9. The van der Waals surface area contributed by atoms with Gasteiger partial charge in [-0.2, -0.15) is 38.3 Å². The summed E-state index contributed by atoms with van der Waals surface area (Å²) in [5.74, 6) is 1.61. The van der Waals surface area contributed by atoms with Crippen LogP contribution >= 0.6 is 0 Å². The summed E-state index contributed by atoms with van der Waals surface area (Å²) in [7, 11) is -4.65. The van der Waals surface area contributed by atoms with Crippen LogP contribution < -0.4 is 61.5 Å². The van der Waals surface area contributed by atoms with Gasteiger partial charge >= 0.3 is 29.6 Å². The van der Waals surface area contributed by atoms with E-state index >= 15 is 0 Å². The first-order valence-electron chi connectivity index (χ1n) is 18.5. The molecule has 0 saturated heterocycles. The normalized spacial score (nSPS) is 11.0. The van der Waals surface area contributed by atoms with E-state index in [1.54, 1.807) is 24.3 Å². The monoisotopic (exact) mass is 836 g/mol. The molecule has 7 N–H and O–H groups in total. The van der Waals surface area contributed by atoms with E-state index in [1.165, 1.54) is 6.07 Å². The Morgan fingerprint density at radius 3 is 1.02 bits per heavy atom. The summed E-state index contributed by atoms with van der Waals surface area (Å²) >= 11 is 0. The van der Waals surface area contributed by atoms with Crippen LogP contribution in [0.15, 0.2) is 169 Å². The molecule has 0 aliphatic carbocycles. The summed E-state index contributed by atoms with van der Waals surface area (Å²) in [6, 6.07) is 49.9. The van der Waals surface area contributed by atoms with E-state index in [2.05, 4.69) is 61.8 Å². The third kappa shape index (κ3) is 11.9. The maximum Gasteiger partial charge on any atom is 1.00 e. The predicted molar refractivity (Wildman–Crippen MR) is 238 cm³/mol. The molecule has 2 aromatic heterocycles. The Kier molecular flexibility index (Phi) is 13.5. The fourth-order valence-electron chi connectivity index (χ4n) is 5.78. The summed E-state index contributed by atoms with van der Waals surface area (Å²) in [5.41, 5.74) is 5.20. The standard InChI is InChI=1S/C44H36N12O3S.Na.H/c57-60(58,59)38-29-37(50-44-55-41(47-34-17-9-3-10-18-34)52-42(56-44)48-35-19-11-4-12-20-35)28-25-31(38)24-21-30-22-26-36(27-23-30)49-43-53-39(45-32-13-5-1-6-14-32)51-40(54-43)46-33-15-7-2-8-16-33;;/h1-29H,(H,57,58,59)(H3,45,46,49,51,53,54)(H3,47,48,50,52,55,56);;/q;+1;-1. The maximum absolute atomic E-state index is 12.7. The van der Waals surface area contributed by atoms with Gasteiger partial charge < -0.3 is 33.3 Å². The van der Waals surface area contributed by atoms with Crippen molar-refractivity contribution in [1.82, 2.24) is 29.9 Å². The Balaban J connectivity index is 0.00000321. The molecular weight excluding hydrogens is 800 g/mol. The van der Waals surface area contributed by atoms with Crippen molar-refractivity contribution in [3.8, 4) is 0 Å². The van der Waals surface area contributed by atoms with Crippen molar-refractivity contribution in [1.29, 1.82) is 0 Å². The average molecular weight is 837 g/mol. The minimum Gasteiger partial charge on any atom is -1.00 e. The molecule has 0 bridgehead atoms. The number of benzene rings is 6. The summed E-state index contributed by atoms with van der Waals surface area (Å²) in [6.45, 7) is 0. The number of nitrogens with one attached hydrogen (secondary N) is 6. The van der Waals surface area contributed by atoms with Crippen LogP contribution in [-0.4, -0.2) is 42.9 Å². The van der Waals surface area contributed by atoms with E-state index in [4.69, 9.17) is 0 Å². The molecule has 0 unspecified atom stereocenters. The van der Waals surface area contributed by atoms with Crippen LogP contribution in [0.25, 0.3) is 12.2 Å². The fraction of sp³-hybridized carbons (Fsp3) is 0. The van der Waals surface area contributed by atoms with Crippen LogP contribution in [0, 0.1) is 0 Å². The van der Waals surface area contributed by atoms with Gasteiger partial charge in [-0.3, -0.25) is 4.55 Å². The summed E-state index contributed by atoms with van der Waals surface area (Å²) in [4.78, 5) is 26.9. The van der Waals surface area contributed by atoms with Crippen molar-refractivity contribution < 1.29 is 44.0 Å². The van der Waals surface area contributed by atoms with Crippen LogP contribution in [-0.2, 0) is 10.1 Å². The zero-order chi connectivity index (χ0) is 41.2. The molecule has 15 nitrogen and oxygen atoms in total. The van der Waals surface area contributed by atoms with Crippen molar-refractivity contribution in [3.05, 3.63) is 175 Å². The van der Waals surface area contributed by atoms with E-state index in [0.717, 1.165) is 28.3 Å². The van der Waals surface area contributed by atoms with E-state index in [1.807, 2.05) is 146 Å². The smallest absolute Gasteiger partial charge is 1.00 e. The molecule has 0 amide bonds. The minimum atomic E-state index is -4.65. The molecule has 8 aromatic rings. The summed E-state index contributed by atoms with van der Waals surface area (Å²) < 4.78 is 35.6. The van der Waals surface area contributed by atoms with Gasteiger partial charge in [0.25, 0.3) is 10.1 Å². The minimum absolute atomic E-state index is 0. The number of aromatic nitrogens is 6. The Hall–Kier alpha value is -7.21. The van der Waals surface area contributed by atoms with Gasteiger partial charge in [0.15, 0.2) is 0 Å². The summed E-state index contributed by atoms with van der Waals surface area (Å²) in [5, 5.41) is 19.1. The van der Waals surface area contributed by atoms with Gasteiger partial charge in [0.1, 0.15) is 4.90 Å². The maximum atomic E-state index is 12.7. The SMILES string of the molecule is O=S(=O)(O)c1cc(Nc2nc(Nc3ccccc3)nc(Nc3ccccc3)n2)ccc1C=Cc1ccc(Nc2nc(Nc3ccccc3)nc(Nc3ccccc3)n2)cc1.[H-].[Na+]. The van der Waals surface area contributed by atoms with Crippen molar-refractivity contribution in [2.45, 2.75) is 4.90 Å². The third-order valence-electron chi connectivity index (χ3n) is 8.56. The second-order valence-corrected chi connectivity index (χ2v) is 14.4. The van der Waals surface area contributed by atoms with Crippen LogP contribution in [0.5, 0.6) is 0 Å². The molecule has 2 heterocycles. The molecule has 17 heteroatoms. The molecule has 298 valence electrons. The van der Waals surface area contributed by atoms with Crippen molar-refractivity contribution >= 4 is 92.1 Å². The van der Waals surface area contributed by atoms with E-state index in [-0.39, 0.29) is 59.3 Å². The third-order valence-corrected chi connectivity index (χ3v) is 9.47. The molecule has 0 saturated carbocycles. The van der Waals surface area contributed by atoms with Gasteiger partial charge in [0, 0.05) is 34.1 Å². The van der Waals surface area contributed by atoms with Crippen molar-refractivity contribution in [2.75, 3.05) is 31.9 Å². The topological polar surface area (TPSA) is 204 Å². The van der Waals surface area contributed by atoms with Crippen molar-refractivity contribution in [2.24, 2.45) is 0 Å². The van der Waals surface area contributed by atoms with E-state index in [9.17, 15) is 13.0 Å². The molecule has 0 spiro atoms. The van der Waals surface area contributed by atoms with Gasteiger partial charge in [-0.25, -0.2) is 0 Å². The Bertz CT molecular complexity index is 2730. The fourth-order valence-corrected chi connectivity index (χ4v) is 6.49. The predicted octanol–water partition coefficient (Wildman–Crippen LogP) is 7.05. The van der Waals surface area contributed by atoms with Gasteiger partial charge in [0.05, 0.1) is 0 Å². The molecule has 0 aliphatic rings. The van der Waals surface area contributed by atoms with E-state index < -0.39 is 10.1 Å². The Morgan fingerprint density at radius 2 is 0.689 bits per heavy atom. The molecule has 0 atom stereocenters. The molecule has 61 heavy (non-hydrogen) atoms. The number of anilines is 12. The first-order chi connectivity index (χ1) is 29.3. The van der Waals surface area contributed by atoms with Crippen LogP contribution in [0.2, 0.25) is 0 Å². The Labute approximate surface area is 375 Å². The first-order valence-corrected chi connectivity index (χ1v) is 20.0. The molecular formula is C44H37N12NaO3S. The number of rotatable bonds is 15. The van der Waals surface area contributed by atoms with E-state index in [0.29, 0.717) is 29.2 Å². The number of nitrogens with zero attached hydrogens (tertiary/aromatic N) is 6. The van der Waals surface area contributed by atoms with Crippen LogP contribution in [0.4, 0.5) is 69.8 Å². The number of hydrogen-bond donors (Lipinski definition) is 7. The molecule has 0 fully saturated rings. The van der Waals surface area contributed by atoms with Gasteiger partial charge in [-0.15, -0.1) is 0 Å². The average Bonchev–Trinajstić information content (AvgIpc) is 3.25. The molecule has 8 rings (SSSR count). The largest absolute Gasteiger partial charge is 1.00 e. The van der Waals surface area contributed by atoms with Crippen LogP contribution in [0.1, 0.15) is 12.6 Å². The zero-order valence-electron chi connectivity index (χ0n) is 33.6. The number of hydrogen-bond acceptors (Lipinski definition) is 14. The van der Waals surface area contributed by atoms with Crippen molar-refractivity contribution in [3.63, 3.8) is 0 Å². The van der Waals surface area contributed by atoms with Gasteiger partial charge in [-0.1, -0.05) is 103 Å². The van der Waals surface area contributed by atoms with Crippen LogP contribution in [0.3, 0.4) is 0 Å². The zero-order valence-corrected chi connectivity index (χ0v) is 35.4. The second kappa shape index (κ2) is 19.7. The second-order valence-electron chi connectivity index (χ2n) is 13.0. The summed E-state index contributed by atoms with van der Waals surface area (Å²) in [6.07, 6.45) is 3.35. The Morgan fingerprint density at radius 1 is 0.393 bits per heavy atom. The molecule has 0 aliphatic heterocycles. The molecule has 0 radical (unpaired) electrons. The number of para-hydroxylation sites is 4. The van der Waals surface area contributed by atoms with Gasteiger partial charge in [-0.05, 0) is 83.9 Å².